The van der Waals surface area contributed by atoms with Crippen molar-refractivity contribution < 1.29 is 19.3 Å². The number of allylic oxidation sites excluding steroid dienone is 1. The van der Waals surface area contributed by atoms with E-state index < -0.39 is 0 Å². The molecule has 2 aromatic carbocycles. The van der Waals surface area contributed by atoms with Crippen molar-refractivity contribution in [2.75, 3.05) is 27.1 Å². The molecule has 0 saturated heterocycles. The average Bonchev–Trinajstić information content (AvgIpc) is 2.79. The summed E-state index contributed by atoms with van der Waals surface area (Å²) >= 11 is 0. The van der Waals surface area contributed by atoms with E-state index in [-0.39, 0.29) is 12.2 Å². The van der Waals surface area contributed by atoms with E-state index in [1.54, 1.807) is 19.2 Å². The van der Waals surface area contributed by atoms with Crippen molar-refractivity contribution in [2.24, 2.45) is 17.8 Å². The Morgan fingerprint density at radius 3 is 2.27 bits per heavy atom. The molecule has 0 atom stereocenters. The smallest absolute Gasteiger partial charge is 0.189 e. The Bertz CT molecular complexity index is 956. The van der Waals surface area contributed by atoms with Gasteiger partial charge in [-0.25, -0.2) is 0 Å². The van der Waals surface area contributed by atoms with E-state index in [1.807, 2.05) is 12.1 Å². The number of rotatable bonds is 9. The number of aromatic hydroxyl groups is 1. The van der Waals surface area contributed by atoms with Crippen molar-refractivity contribution in [3.05, 3.63) is 59.2 Å². The van der Waals surface area contributed by atoms with E-state index >= 15 is 0 Å². The van der Waals surface area contributed by atoms with E-state index in [9.17, 15) is 5.11 Å². The average molecular weight is 449 g/mol. The molecule has 4 bridgehead atoms. The van der Waals surface area contributed by atoms with Crippen LogP contribution in [-0.2, 0) is 14.9 Å². The minimum Gasteiger partial charge on any atom is -0.508 e. The number of phenolic OH excluding ortho intramolecular Hbond substituents is 1. The molecule has 1 N–H and O–H groups in total. The fourth-order valence-corrected chi connectivity index (χ4v) is 6.97. The van der Waals surface area contributed by atoms with E-state index in [2.05, 4.69) is 31.2 Å². The van der Waals surface area contributed by atoms with Gasteiger partial charge in [0.05, 0.1) is 13.2 Å². The first-order valence-corrected chi connectivity index (χ1v) is 12.4. The molecule has 2 aromatic rings. The SMILES string of the molecule is COCCOCOc1ccc(C(C)=Cc2ccc(O)cc2)cc1C12CC3CC(CC(C3)C1)C2. The summed E-state index contributed by atoms with van der Waals surface area (Å²) in [5, 5.41) is 9.59. The molecule has 0 aromatic heterocycles. The Kier molecular flexibility index (Phi) is 6.49. The summed E-state index contributed by atoms with van der Waals surface area (Å²) in [7, 11) is 1.68. The molecule has 0 unspecified atom stereocenters. The number of phenols is 1. The first kappa shape index (κ1) is 22.5. The molecule has 4 aliphatic carbocycles. The summed E-state index contributed by atoms with van der Waals surface area (Å²) in [6, 6.07) is 14.1. The zero-order valence-electron chi connectivity index (χ0n) is 19.9. The monoisotopic (exact) mass is 448 g/mol. The van der Waals surface area contributed by atoms with Crippen LogP contribution in [0, 0.1) is 17.8 Å². The number of benzene rings is 2. The van der Waals surface area contributed by atoms with Gasteiger partial charge in [0.2, 0.25) is 0 Å². The predicted octanol–water partition coefficient (Wildman–Crippen LogP) is 6.42. The summed E-state index contributed by atoms with van der Waals surface area (Å²) in [5.41, 5.74) is 5.17. The number of ether oxygens (including phenoxy) is 3. The standard InChI is InChI=1S/C29H36O4/c1-20(11-21-3-6-26(30)7-4-21)25-5-8-28(33-19-32-10-9-31-2)27(15-25)29-16-22-12-23(17-29)14-24(13-22)18-29/h3-8,11,15,22-24,30H,9-10,12-14,16-19H2,1-2H3. The second-order valence-electron chi connectivity index (χ2n) is 10.5. The fraction of sp³-hybridized carbons (Fsp3) is 0.517. The van der Waals surface area contributed by atoms with Crippen LogP contribution in [0.5, 0.6) is 11.5 Å². The Morgan fingerprint density at radius 2 is 1.64 bits per heavy atom. The van der Waals surface area contributed by atoms with Gasteiger partial charge >= 0.3 is 0 Å². The van der Waals surface area contributed by atoms with Gasteiger partial charge in [0, 0.05) is 12.7 Å². The van der Waals surface area contributed by atoms with Crippen molar-refractivity contribution in [1.82, 2.24) is 0 Å². The maximum Gasteiger partial charge on any atom is 0.189 e. The molecule has 33 heavy (non-hydrogen) atoms. The van der Waals surface area contributed by atoms with Gasteiger partial charge < -0.3 is 19.3 Å². The van der Waals surface area contributed by atoms with E-state index in [4.69, 9.17) is 14.2 Å². The summed E-state index contributed by atoms with van der Waals surface area (Å²) in [4.78, 5) is 0. The quantitative estimate of drug-likeness (QED) is 0.273. The number of hydrogen-bond donors (Lipinski definition) is 1. The molecule has 176 valence electrons. The van der Waals surface area contributed by atoms with Gasteiger partial charge in [-0.2, -0.15) is 0 Å². The number of hydrogen-bond acceptors (Lipinski definition) is 4. The summed E-state index contributed by atoms with van der Waals surface area (Å²) in [6.45, 7) is 3.53. The second-order valence-corrected chi connectivity index (χ2v) is 10.5. The Morgan fingerprint density at radius 1 is 0.970 bits per heavy atom. The van der Waals surface area contributed by atoms with Crippen molar-refractivity contribution in [3.8, 4) is 11.5 Å². The second kappa shape index (κ2) is 9.52. The third-order valence-corrected chi connectivity index (χ3v) is 8.05. The van der Waals surface area contributed by atoms with Crippen LogP contribution in [-0.4, -0.2) is 32.2 Å². The Balaban J connectivity index is 1.45. The first-order chi connectivity index (χ1) is 16.0. The first-order valence-electron chi connectivity index (χ1n) is 12.4. The van der Waals surface area contributed by atoms with Crippen LogP contribution in [0.25, 0.3) is 11.6 Å². The summed E-state index contributed by atoms with van der Waals surface area (Å²) in [5.74, 6) is 3.90. The van der Waals surface area contributed by atoms with Crippen LogP contribution in [0.1, 0.15) is 62.1 Å². The zero-order chi connectivity index (χ0) is 22.8. The molecule has 4 saturated carbocycles. The molecule has 4 aliphatic rings. The molecule has 0 amide bonds. The van der Waals surface area contributed by atoms with Gasteiger partial charge in [-0.15, -0.1) is 0 Å². The van der Waals surface area contributed by atoms with Gasteiger partial charge in [-0.05, 0) is 110 Å². The van der Waals surface area contributed by atoms with Crippen LogP contribution in [0.4, 0.5) is 0 Å². The number of methoxy groups -OCH3 is 1. The van der Waals surface area contributed by atoms with Gasteiger partial charge in [0.1, 0.15) is 11.5 Å². The molecule has 0 spiro atoms. The van der Waals surface area contributed by atoms with Crippen LogP contribution >= 0.6 is 0 Å². The van der Waals surface area contributed by atoms with Crippen molar-refractivity contribution in [1.29, 1.82) is 0 Å². The lowest BCUT2D eigenvalue weighted by atomic mass is 9.48. The minimum absolute atomic E-state index is 0.242. The van der Waals surface area contributed by atoms with E-state index in [1.165, 1.54) is 55.2 Å². The van der Waals surface area contributed by atoms with Gasteiger partial charge in [0.25, 0.3) is 0 Å². The maximum atomic E-state index is 9.59. The molecule has 0 radical (unpaired) electrons. The fourth-order valence-electron chi connectivity index (χ4n) is 6.97. The highest BCUT2D eigenvalue weighted by Crippen LogP contribution is 2.62. The topological polar surface area (TPSA) is 47.9 Å². The maximum absolute atomic E-state index is 9.59. The minimum atomic E-state index is 0.242. The van der Waals surface area contributed by atoms with Crippen LogP contribution in [0.2, 0.25) is 0 Å². The van der Waals surface area contributed by atoms with Crippen molar-refractivity contribution in [3.63, 3.8) is 0 Å². The largest absolute Gasteiger partial charge is 0.508 e. The van der Waals surface area contributed by atoms with E-state index in [0.29, 0.717) is 19.0 Å². The molecule has 0 aliphatic heterocycles. The normalized spacial score (nSPS) is 28.3. The zero-order valence-corrected chi connectivity index (χ0v) is 19.9. The van der Waals surface area contributed by atoms with Gasteiger partial charge in [-0.1, -0.05) is 24.3 Å². The molecule has 6 rings (SSSR count). The lowest BCUT2D eigenvalue weighted by Gasteiger charge is -2.57. The molecule has 4 nitrogen and oxygen atoms in total. The van der Waals surface area contributed by atoms with Crippen molar-refractivity contribution in [2.45, 2.75) is 50.9 Å². The highest BCUT2D eigenvalue weighted by molar-refractivity contribution is 5.81. The molecular weight excluding hydrogens is 412 g/mol. The van der Waals surface area contributed by atoms with E-state index in [0.717, 1.165) is 29.1 Å². The third kappa shape index (κ3) is 4.83. The molecule has 4 fully saturated rings. The Labute approximate surface area is 197 Å². The highest BCUT2D eigenvalue weighted by atomic mass is 16.7. The Hall–Kier alpha value is -2.30. The lowest BCUT2D eigenvalue weighted by molar-refractivity contribution is -0.0189. The van der Waals surface area contributed by atoms with Crippen LogP contribution < -0.4 is 4.74 Å². The van der Waals surface area contributed by atoms with Crippen LogP contribution in [0.3, 0.4) is 0 Å². The molecule has 0 heterocycles. The van der Waals surface area contributed by atoms with Crippen molar-refractivity contribution >= 4 is 11.6 Å². The summed E-state index contributed by atoms with van der Waals surface area (Å²) < 4.78 is 16.9. The van der Waals surface area contributed by atoms with Crippen LogP contribution in [0.15, 0.2) is 42.5 Å². The highest BCUT2D eigenvalue weighted by Gasteiger charge is 2.52. The molecular formula is C29H36O4. The lowest BCUT2D eigenvalue weighted by Crippen LogP contribution is -2.48. The summed E-state index contributed by atoms with van der Waals surface area (Å²) in [6.07, 6.45) is 10.4. The van der Waals surface area contributed by atoms with Gasteiger partial charge in [0.15, 0.2) is 6.79 Å². The third-order valence-electron chi connectivity index (χ3n) is 8.05. The molecule has 4 heteroatoms. The van der Waals surface area contributed by atoms with Gasteiger partial charge in [-0.3, -0.25) is 0 Å². The predicted molar refractivity (Wildman–Crippen MR) is 131 cm³/mol.